The summed E-state index contributed by atoms with van der Waals surface area (Å²) in [5.74, 6) is -11.6. The van der Waals surface area contributed by atoms with Crippen LogP contribution in [-0.4, -0.2) is 87.9 Å². The quantitative estimate of drug-likeness (QED) is 0.176. The molecule has 3 fully saturated rings. The molecule has 4 aliphatic carbocycles. The van der Waals surface area contributed by atoms with E-state index >= 15 is 8.78 Å². The maximum Gasteiger partial charge on any atom is 0.264 e. The van der Waals surface area contributed by atoms with Crippen LogP contribution < -0.4 is 0 Å². The first kappa shape index (κ1) is 34.3. The van der Waals surface area contributed by atoms with E-state index in [0.717, 1.165) is 12.2 Å². The Hall–Kier alpha value is -1.61. The summed E-state index contributed by atoms with van der Waals surface area (Å²) in [5.41, 5.74) is -8.90. The minimum absolute atomic E-state index is 0.0939. The Balaban J connectivity index is 2.02. The van der Waals surface area contributed by atoms with Gasteiger partial charge in [-0.25, -0.2) is 8.78 Å². The number of Topliss-reactive ketones (excluding diaryl/α,β-unsaturated/α-hetero) is 1. The number of fused-ring (bicyclic) bond motifs is 5. The Labute approximate surface area is 250 Å². The molecule has 0 saturated heterocycles. The smallest absolute Gasteiger partial charge is 0.264 e. The van der Waals surface area contributed by atoms with E-state index in [4.69, 9.17) is 4.18 Å². The Kier molecular flexibility index (Phi) is 8.56. The lowest BCUT2D eigenvalue weighted by Gasteiger charge is -2.65. The molecule has 10 nitrogen and oxygen atoms in total. The molecule has 0 radical (unpaired) electrons. The molecule has 244 valence electrons. The van der Waals surface area contributed by atoms with E-state index in [1.165, 1.54) is 19.9 Å². The van der Waals surface area contributed by atoms with E-state index in [-0.39, 0.29) is 31.3 Å². The van der Waals surface area contributed by atoms with Crippen LogP contribution >= 0.6 is 0 Å². The molecule has 0 aliphatic heterocycles. The van der Waals surface area contributed by atoms with Gasteiger partial charge < -0.3 is 25.5 Å². The van der Waals surface area contributed by atoms with Gasteiger partial charge >= 0.3 is 0 Å². The number of aliphatic hydroxyl groups is 5. The van der Waals surface area contributed by atoms with Crippen molar-refractivity contribution in [1.29, 1.82) is 0 Å². The number of rotatable bonds is 10. The van der Waals surface area contributed by atoms with Gasteiger partial charge in [-0.2, -0.15) is 8.42 Å². The summed E-state index contributed by atoms with van der Waals surface area (Å²) >= 11 is 0. The van der Waals surface area contributed by atoms with Crippen LogP contribution in [0.2, 0.25) is 0 Å². The highest BCUT2D eigenvalue weighted by Gasteiger charge is 2.82. The molecule has 9 atom stereocenters. The van der Waals surface area contributed by atoms with Crippen LogP contribution in [0.1, 0.15) is 72.6 Å². The third-order valence-electron chi connectivity index (χ3n) is 11.2. The average Bonchev–Trinajstić information content (AvgIpc) is 3.16. The van der Waals surface area contributed by atoms with Crippen LogP contribution in [0.25, 0.3) is 0 Å². The Morgan fingerprint density at radius 1 is 1.09 bits per heavy atom. The van der Waals surface area contributed by atoms with Crippen molar-refractivity contribution >= 4 is 21.7 Å². The second kappa shape index (κ2) is 10.7. The van der Waals surface area contributed by atoms with Crippen molar-refractivity contribution in [3.63, 3.8) is 0 Å². The maximum atomic E-state index is 17.8. The van der Waals surface area contributed by atoms with Gasteiger partial charge in [0.25, 0.3) is 10.1 Å². The molecule has 0 aromatic carbocycles. The highest BCUT2D eigenvalue weighted by Crippen LogP contribution is 2.76. The van der Waals surface area contributed by atoms with Crippen LogP contribution in [0.4, 0.5) is 8.78 Å². The fourth-order valence-corrected chi connectivity index (χ4v) is 9.96. The number of ketones is 2. The third kappa shape index (κ3) is 4.71. The molecule has 3 unspecified atom stereocenters. The van der Waals surface area contributed by atoms with Gasteiger partial charge in [0.15, 0.2) is 28.8 Å². The number of hydrogen-bond acceptors (Lipinski definition) is 10. The van der Waals surface area contributed by atoms with Crippen molar-refractivity contribution in [3.8, 4) is 0 Å². The van der Waals surface area contributed by atoms with Gasteiger partial charge in [0.05, 0.1) is 17.8 Å². The first-order valence-electron chi connectivity index (χ1n) is 14.8. The number of alkyl halides is 2. The normalized spacial score (nSPS) is 41.3. The number of carbonyl (C=O) groups is 2. The van der Waals surface area contributed by atoms with Crippen molar-refractivity contribution in [2.45, 2.75) is 102 Å². The zero-order valence-corrected chi connectivity index (χ0v) is 26.0. The monoisotopic (exact) mass is 634 g/mol. The van der Waals surface area contributed by atoms with E-state index in [1.54, 1.807) is 13.8 Å². The fraction of sp³-hybridized carbons (Fsp3) is 0.800. The number of aliphatic hydroxyl groups excluding tert-OH is 1. The van der Waals surface area contributed by atoms with Gasteiger partial charge in [-0.3, -0.25) is 13.8 Å². The number of allylic oxidation sites excluding steroid dienone is 4. The first-order chi connectivity index (χ1) is 19.6. The second-order valence-corrected chi connectivity index (χ2v) is 15.2. The van der Waals surface area contributed by atoms with Crippen molar-refractivity contribution in [3.05, 3.63) is 23.8 Å². The Morgan fingerprint density at radius 2 is 1.70 bits per heavy atom. The van der Waals surface area contributed by atoms with Crippen LogP contribution in [0.3, 0.4) is 0 Å². The third-order valence-corrected chi connectivity index (χ3v) is 11.7. The van der Waals surface area contributed by atoms with Crippen LogP contribution in [-0.2, 0) is 23.9 Å². The minimum atomic E-state index is -4.23. The molecular weight excluding hydrogens is 590 g/mol. The van der Waals surface area contributed by atoms with E-state index in [1.807, 2.05) is 0 Å². The zero-order valence-electron chi connectivity index (χ0n) is 25.2. The zero-order chi connectivity index (χ0) is 32.6. The number of hydrogen-bond donors (Lipinski definition) is 5. The predicted octanol–water partition coefficient (Wildman–Crippen LogP) is 2.02. The summed E-state index contributed by atoms with van der Waals surface area (Å²) < 4.78 is 62.3. The summed E-state index contributed by atoms with van der Waals surface area (Å²) in [7, 11) is -4.23. The molecule has 4 aliphatic rings. The van der Waals surface area contributed by atoms with Crippen LogP contribution in [0.15, 0.2) is 23.8 Å². The molecule has 0 spiro atoms. The maximum absolute atomic E-state index is 17.8. The van der Waals surface area contributed by atoms with Crippen LogP contribution in [0, 0.1) is 34.0 Å². The standard InChI is InChI=1S/C30H44F2O10S/c1-6-9-27(36,37)22-14-18-19-13-21(31)20-12-17(33)8-11-25(20,3)30(19,32)23(34)15-26(18,4)29(22,28(38,39)10-7-2)24(35)16-42-43(5,40)41/h8,11-12,18-19,21-23,34,36-39H,6-7,9-10,13-16H2,1-5H3/t18-,19-,21?,22?,23?,25-,26-,29-,30-/m0/s1. The average molecular weight is 635 g/mol. The molecule has 0 aromatic heterocycles. The van der Waals surface area contributed by atoms with Gasteiger partial charge in [-0.15, -0.1) is 0 Å². The number of halogens is 2. The summed E-state index contributed by atoms with van der Waals surface area (Å²) in [6.07, 6.45) is -1.73. The lowest BCUT2D eigenvalue weighted by Crippen LogP contribution is -2.73. The number of carbonyl (C=O) groups excluding carboxylic acids is 2. The van der Waals surface area contributed by atoms with E-state index < -0.39 is 111 Å². The van der Waals surface area contributed by atoms with Crippen molar-refractivity contribution in [2.24, 2.45) is 34.0 Å². The minimum Gasteiger partial charge on any atom is -0.390 e. The lowest BCUT2D eigenvalue weighted by molar-refractivity contribution is -0.327. The molecular formula is C30H44F2O10S. The van der Waals surface area contributed by atoms with E-state index in [9.17, 15) is 43.5 Å². The molecule has 4 rings (SSSR count). The first-order valence-corrected chi connectivity index (χ1v) is 16.7. The van der Waals surface area contributed by atoms with Gasteiger partial charge in [-0.05, 0) is 55.2 Å². The van der Waals surface area contributed by atoms with Crippen LogP contribution in [0.5, 0.6) is 0 Å². The largest absolute Gasteiger partial charge is 0.390 e. The van der Waals surface area contributed by atoms with E-state index in [2.05, 4.69) is 0 Å². The fourth-order valence-electron chi connectivity index (χ4n) is 9.64. The van der Waals surface area contributed by atoms with Crippen molar-refractivity contribution in [1.82, 2.24) is 0 Å². The summed E-state index contributed by atoms with van der Waals surface area (Å²) in [6, 6.07) is 0. The summed E-state index contributed by atoms with van der Waals surface area (Å²) in [6.45, 7) is 4.84. The molecule has 0 aromatic rings. The Bertz CT molecular complexity index is 1330. The molecule has 0 heterocycles. The van der Waals surface area contributed by atoms with Gasteiger partial charge in [-0.1, -0.05) is 39.7 Å². The van der Waals surface area contributed by atoms with E-state index in [0.29, 0.717) is 6.26 Å². The molecule has 0 amide bonds. The second-order valence-electron chi connectivity index (χ2n) is 13.5. The predicted molar refractivity (Wildman–Crippen MR) is 150 cm³/mol. The molecule has 43 heavy (non-hydrogen) atoms. The van der Waals surface area contributed by atoms with Gasteiger partial charge in [0.2, 0.25) is 0 Å². The topological polar surface area (TPSA) is 179 Å². The molecule has 5 N–H and O–H groups in total. The Morgan fingerprint density at radius 3 is 2.26 bits per heavy atom. The highest BCUT2D eigenvalue weighted by molar-refractivity contribution is 7.86. The van der Waals surface area contributed by atoms with Gasteiger partial charge in [0, 0.05) is 30.1 Å². The van der Waals surface area contributed by atoms with Crippen molar-refractivity contribution in [2.75, 3.05) is 12.9 Å². The lowest BCUT2D eigenvalue weighted by atomic mass is 9.41. The summed E-state index contributed by atoms with van der Waals surface area (Å²) in [4.78, 5) is 26.5. The molecule has 0 bridgehead atoms. The van der Waals surface area contributed by atoms with Crippen molar-refractivity contribution < 1.29 is 56.5 Å². The highest BCUT2D eigenvalue weighted by atomic mass is 32.2. The van der Waals surface area contributed by atoms with Gasteiger partial charge in [0.1, 0.15) is 12.8 Å². The molecule has 13 heteroatoms. The molecule has 3 saturated carbocycles. The SMILES string of the molecule is CCCC(O)(O)C1C[C@H]2[C@@H]3CC(F)C4=CC(=O)C=C[C@]4(C)[C@@]3(F)C(O)C[C@]2(C)[C@]1(C(=O)COS(C)(=O)=O)C(O)(O)CCC. The summed E-state index contributed by atoms with van der Waals surface area (Å²) in [5, 5.41) is 58.4.